The van der Waals surface area contributed by atoms with Gasteiger partial charge in [-0.05, 0) is 37.1 Å². The van der Waals surface area contributed by atoms with E-state index < -0.39 is 6.09 Å². The van der Waals surface area contributed by atoms with Crippen LogP contribution in [0.4, 0.5) is 9.18 Å². The molecule has 0 spiro atoms. The molecule has 0 aliphatic carbocycles. The highest BCUT2D eigenvalue weighted by Gasteiger charge is 2.30. The van der Waals surface area contributed by atoms with Crippen molar-refractivity contribution in [3.8, 4) is 11.5 Å². The van der Waals surface area contributed by atoms with Gasteiger partial charge in [0.05, 0.1) is 6.54 Å². The summed E-state index contributed by atoms with van der Waals surface area (Å²) in [5, 5.41) is 8.16. The largest absolute Gasteiger partial charge is 0.448 e. The van der Waals surface area contributed by atoms with Crippen molar-refractivity contribution in [2.75, 3.05) is 32.8 Å². The number of hydrogen-bond acceptors (Lipinski definition) is 6. The van der Waals surface area contributed by atoms with Crippen molar-refractivity contribution in [1.29, 1.82) is 0 Å². The van der Waals surface area contributed by atoms with Gasteiger partial charge in [-0.2, -0.15) is 0 Å². The first kappa shape index (κ1) is 17.4. The predicted molar refractivity (Wildman–Crippen MR) is 91.2 cm³/mol. The molecule has 0 radical (unpaired) electrons. The van der Waals surface area contributed by atoms with Crippen LogP contribution in [0.15, 0.2) is 28.7 Å². The first-order valence-corrected chi connectivity index (χ1v) is 8.89. The molecule has 2 aliphatic rings. The molecule has 0 unspecified atom stereocenters. The number of amides is 2. The smallest absolute Gasteiger partial charge is 0.410 e. The van der Waals surface area contributed by atoms with Gasteiger partial charge in [-0.3, -0.25) is 9.69 Å². The topological polar surface area (TPSA) is 88.8 Å². The summed E-state index contributed by atoms with van der Waals surface area (Å²) in [6, 6.07) is 5.88. The second-order valence-corrected chi connectivity index (χ2v) is 6.64. The van der Waals surface area contributed by atoms with E-state index in [4.69, 9.17) is 9.15 Å². The van der Waals surface area contributed by atoms with Gasteiger partial charge in [-0.25, -0.2) is 9.18 Å². The summed E-state index contributed by atoms with van der Waals surface area (Å²) in [6.45, 7) is 1.98. The Morgan fingerprint density at radius 2 is 1.89 bits per heavy atom. The molecule has 2 fully saturated rings. The van der Waals surface area contributed by atoms with E-state index >= 15 is 0 Å². The lowest BCUT2D eigenvalue weighted by Crippen LogP contribution is -2.44. The highest BCUT2D eigenvalue weighted by atomic mass is 19.1. The van der Waals surface area contributed by atoms with E-state index in [0.717, 1.165) is 0 Å². The third-order valence-electron chi connectivity index (χ3n) is 4.90. The SMILES string of the molecule is O=C(CN1CCOC1=O)N1CCC(c2nnc(-c3ccc(F)cc3)o2)CC1. The summed E-state index contributed by atoms with van der Waals surface area (Å²) in [5.41, 5.74) is 0.667. The molecule has 2 aliphatic heterocycles. The Labute approximate surface area is 154 Å². The molecule has 4 rings (SSSR count). The number of hydrogen-bond donors (Lipinski definition) is 0. The Balaban J connectivity index is 1.33. The number of ether oxygens (including phenoxy) is 1. The molecular formula is C18H19FN4O4. The lowest BCUT2D eigenvalue weighted by molar-refractivity contribution is -0.132. The van der Waals surface area contributed by atoms with Crippen molar-refractivity contribution in [1.82, 2.24) is 20.0 Å². The number of cyclic esters (lactones) is 1. The van der Waals surface area contributed by atoms with E-state index in [-0.39, 0.29) is 24.2 Å². The molecule has 2 saturated heterocycles. The minimum absolute atomic E-state index is 0.0543. The van der Waals surface area contributed by atoms with Gasteiger partial charge < -0.3 is 14.1 Å². The van der Waals surface area contributed by atoms with Crippen LogP contribution in [0.25, 0.3) is 11.5 Å². The number of aromatic nitrogens is 2. The molecule has 0 saturated carbocycles. The lowest BCUT2D eigenvalue weighted by atomic mass is 9.97. The van der Waals surface area contributed by atoms with Crippen LogP contribution in [0.2, 0.25) is 0 Å². The predicted octanol–water partition coefficient (Wildman–Crippen LogP) is 2.03. The van der Waals surface area contributed by atoms with Gasteiger partial charge in [0, 0.05) is 24.6 Å². The van der Waals surface area contributed by atoms with Gasteiger partial charge in [0.2, 0.25) is 17.7 Å². The molecule has 8 nitrogen and oxygen atoms in total. The fraction of sp³-hybridized carbons (Fsp3) is 0.444. The number of halogens is 1. The fourth-order valence-electron chi connectivity index (χ4n) is 3.32. The summed E-state index contributed by atoms with van der Waals surface area (Å²) in [7, 11) is 0. The molecule has 9 heteroatoms. The molecule has 3 heterocycles. The maximum Gasteiger partial charge on any atom is 0.410 e. The van der Waals surface area contributed by atoms with E-state index in [1.807, 2.05) is 0 Å². The minimum atomic E-state index is -0.433. The summed E-state index contributed by atoms with van der Waals surface area (Å²) in [6.07, 6.45) is 0.986. The second-order valence-electron chi connectivity index (χ2n) is 6.64. The number of benzene rings is 1. The van der Waals surface area contributed by atoms with Crippen molar-refractivity contribution >= 4 is 12.0 Å². The average Bonchev–Trinajstić information content (AvgIpc) is 3.32. The molecule has 1 aromatic carbocycles. The lowest BCUT2D eigenvalue weighted by Gasteiger charge is -2.31. The van der Waals surface area contributed by atoms with Gasteiger partial charge in [0.15, 0.2) is 0 Å². The number of carbonyl (C=O) groups is 2. The zero-order chi connectivity index (χ0) is 18.8. The quantitative estimate of drug-likeness (QED) is 0.814. The third kappa shape index (κ3) is 3.76. The number of carbonyl (C=O) groups excluding carboxylic acids is 2. The van der Waals surface area contributed by atoms with Crippen LogP contribution in [0.3, 0.4) is 0 Å². The molecule has 27 heavy (non-hydrogen) atoms. The van der Waals surface area contributed by atoms with E-state index in [2.05, 4.69) is 10.2 Å². The normalized spacial score (nSPS) is 18.0. The molecule has 0 N–H and O–H groups in total. The van der Waals surface area contributed by atoms with Gasteiger partial charge in [0.25, 0.3) is 0 Å². The van der Waals surface area contributed by atoms with Crippen LogP contribution >= 0.6 is 0 Å². The fourth-order valence-corrected chi connectivity index (χ4v) is 3.32. The summed E-state index contributed by atoms with van der Waals surface area (Å²) >= 11 is 0. The molecular weight excluding hydrogens is 355 g/mol. The Morgan fingerprint density at radius 3 is 2.56 bits per heavy atom. The van der Waals surface area contributed by atoms with Crippen LogP contribution in [0, 0.1) is 5.82 Å². The zero-order valence-electron chi connectivity index (χ0n) is 14.6. The Morgan fingerprint density at radius 1 is 1.15 bits per heavy atom. The molecule has 2 amide bonds. The maximum absolute atomic E-state index is 13.0. The summed E-state index contributed by atoms with van der Waals surface area (Å²) in [5.74, 6) is 0.565. The van der Waals surface area contributed by atoms with E-state index in [9.17, 15) is 14.0 Å². The first-order valence-electron chi connectivity index (χ1n) is 8.89. The zero-order valence-corrected chi connectivity index (χ0v) is 14.6. The van der Waals surface area contributed by atoms with Crippen LogP contribution in [-0.4, -0.2) is 64.8 Å². The number of nitrogens with zero attached hydrogens (tertiary/aromatic N) is 4. The number of likely N-dealkylation sites (tertiary alicyclic amines) is 1. The summed E-state index contributed by atoms with van der Waals surface area (Å²) in [4.78, 5) is 27.0. The maximum atomic E-state index is 13.0. The van der Waals surface area contributed by atoms with E-state index in [1.54, 1.807) is 17.0 Å². The van der Waals surface area contributed by atoms with Crippen molar-refractivity contribution < 1.29 is 23.1 Å². The number of rotatable bonds is 4. The standard InChI is InChI=1S/C18H19FN4O4/c19-14-3-1-12(2-4-14)16-20-21-17(27-16)13-5-7-22(8-6-13)15(24)11-23-9-10-26-18(23)25/h1-4,13H,5-11H2. The highest BCUT2D eigenvalue weighted by Crippen LogP contribution is 2.29. The average molecular weight is 374 g/mol. The van der Waals surface area contributed by atoms with Crippen molar-refractivity contribution in [2.24, 2.45) is 0 Å². The number of piperidine rings is 1. The van der Waals surface area contributed by atoms with E-state index in [1.165, 1.54) is 17.0 Å². The van der Waals surface area contributed by atoms with E-state index in [0.29, 0.717) is 56.4 Å². The first-order chi connectivity index (χ1) is 13.1. The Kier molecular flexibility index (Phi) is 4.74. The molecule has 0 atom stereocenters. The molecule has 142 valence electrons. The van der Waals surface area contributed by atoms with Crippen molar-refractivity contribution in [3.05, 3.63) is 36.0 Å². The van der Waals surface area contributed by atoms with Crippen LogP contribution in [0.5, 0.6) is 0 Å². The summed E-state index contributed by atoms with van der Waals surface area (Å²) < 4.78 is 23.6. The third-order valence-corrected chi connectivity index (χ3v) is 4.90. The van der Waals surface area contributed by atoms with Crippen molar-refractivity contribution in [3.63, 3.8) is 0 Å². The Hall–Kier alpha value is -2.97. The Bertz CT molecular complexity index is 830. The van der Waals surface area contributed by atoms with Gasteiger partial charge >= 0.3 is 6.09 Å². The van der Waals surface area contributed by atoms with Gasteiger partial charge in [0.1, 0.15) is 19.0 Å². The van der Waals surface area contributed by atoms with Crippen molar-refractivity contribution in [2.45, 2.75) is 18.8 Å². The highest BCUT2D eigenvalue weighted by molar-refractivity contribution is 5.83. The van der Waals surface area contributed by atoms with Crippen LogP contribution in [-0.2, 0) is 9.53 Å². The monoisotopic (exact) mass is 374 g/mol. The minimum Gasteiger partial charge on any atom is -0.448 e. The van der Waals surface area contributed by atoms with Gasteiger partial charge in [-0.1, -0.05) is 0 Å². The molecule has 1 aromatic heterocycles. The van der Waals surface area contributed by atoms with Crippen LogP contribution < -0.4 is 0 Å². The second kappa shape index (κ2) is 7.34. The van der Waals surface area contributed by atoms with Gasteiger partial charge in [-0.15, -0.1) is 10.2 Å². The molecule has 2 aromatic rings. The molecule has 0 bridgehead atoms. The van der Waals surface area contributed by atoms with Crippen LogP contribution in [0.1, 0.15) is 24.7 Å².